The van der Waals surface area contributed by atoms with Gasteiger partial charge < -0.3 is 20.1 Å². The zero-order valence-electron chi connectivity index (χ0n) is 16.6. The molecular weight excluding hydrogens is 388 g/mol. The number of carbonyl (C=O) groups is 4. The van der Waals surface area contributed by atoms with Crippen LogP contribution < -0.4 is 10.6 Å². The lowest BCUT2D eigenvalue weighted by molar-refractivity contribution is -0.143. The van der Waals surface area contributed by atoms with E-state index in [-0.39, 0.29) is 17.9 Å². The fourth-order valence-electron chi connectivity index (χ4n) is 2.41. The van der Waals surface area contributed by atoms with Gasteiger partial charge >= 0.3 is 11.9 Å². The van der Waals surface area contributed by atoms with Gasteiger partial charge in [0, 0.05) is 17.8 Å². The van der Waals surface area contributed by atoms with Gasteiger partial charge in [0.2, 0.25) is 0 Å². The second-order valence-electron chi connectivity index (χ2n) is 6.11. The van der Waals surface area contributed by atoms with Crippen molar-refractivity contribution in [1.82, 2.24) is 0 Å². The number of esters is 2. The van der Waals surface area contributed by atoms with Crippen LogP contribution in [0.4, 0.5) is 11.4 Å². The maximum Gasteiger partial charge on any atom is 0.331 e. The molecule has 2 rings (SSSR count). The van der Waals surface area contributed by atoms with Crippen molar-refractivity contribution in [3.63, 3.8) is 0 Å². The number of hydrogen-bond acceptors (Lipinski definition) is 6. The van der Waals surface area contributed by atoms with E-state index >= 15 is 0 Å². The van der Waals surface area contributed by atoms with Crippen molar-refractivity contribution in [2.24, 2.45) is 0 Å². The van der Waals surface area contributed by atoms with Crippen molar-refractivity contribution in [2.75, 3.05) is 23.8 Å². The van der Waals surface area contributed by atoms with Gasteiger partial charge in [0.05, 0.1) is 17.9 Å². The highest BCUT2D eigenvalue weighted by Gasteiger charge is 2.14. The van der Waals surface area contributed by atoms with Crippen LogP contribution in [0.15, 0.2) is 60.7 Å². The normalized spacial score (nSPS) is 10.3. The van der Waals surface area contributed by atoms with E-state index in [1.165, 1.54) is 0 Å². The maximum atomic E-state index is 12.6. The van der Waals surface area contributed by atoms with E-state index < -0.39 is 30.4 Å². The summed E-state index contributed by atoms with van der Waals surface area (Å²) >= 11 is 0. The van der Waals surface area contributed by atoms with Crippen molar-refractivity contribution in [2.45, 2.75) is 13.8 Å². The third-order valence-corrected chi connectivity index (χ3v) is 3.71. The highest BCUT2D eigenvalue weighted by atomic mass is 16.5. The van der Waals surface area contributed by atoms with Crippen LogP contribution in [-0.2, 0) is 23.9 Å². The predicted octanol–water partition coefficient (Wildman–Crippen LogP) is 2.85. The molecule has 8 nitrogen and oxygen atoms in total. The van der Waals surface area contributed by atoms with Gasteiger partial charge in [-0.15, -0.1) is 0 Å². The fraction of sp³-hybridized carbons (Fsp3) is 0.182. The van der Waals surface area contributed by atoms with Crippen LogP contribution in [0, 0.1) is 6.92 Å². The largest absolute Gasteiger partial charge is 0.463 e. The van der Waals surface area contributed by atoms with E-state index in [4.69, 9.17) is 4.74 Å². The average molecular weight is 410 g/mol. The number of para-hydroxylation sites is 1. The summed E-state index contributed by atoms with van der Waals surface area (Å²) in [6.07, 6.45) is 1.78. The molecule has 0 saturated heterocycles. The molecule has 2 amide bonds. The molecule has 0 aliphatic heterocycles. The molecule has 2 aromatic rings. The Bertz CT molecular complexity index is 968. The highest BCUT2D eigenvalue weighted by Crippen LogP contribution is 2.18. The molecule has 0 radical (unpaired) electrons. The summed E-state index contributed by atoms with van der Waals surface area (Å²) in [5.41, 5.74) is 2.14. The van der Waals surface area contributed by atoms with E-state index in [0.29, 0.717) is 5.69 Å². The second kappa shape index (κ2) is 11.2. The molecule has 2 N–H and O–H groups in total. The van der Waals surface area contributed by atoms with Gasteiger partial charge in [0.15, 0.2) is 6.61 Å². The molecule has 0 unspecified atom stereocenters. The second-order valence-corrected chi connectivity index (χ2v) is 6.11. The third-order valence-electron chi connectivity index (χ3n) is 3.71. The number of rotatable bonds is 8. The number of benzene rings is 2. The smallest absolute Gasteiger partial charge is 0.331 e. The zero-order chi connectivity index (χ0) is 21.9. The molecule has 30 heavy (non-hydrogen) atoms. The van der Waals surface area contributed by atoms with Crippen molar-refractivity contribution in [3.8, 4) is 0 Å². The average Bonchev–Trinajstić information content (AvgIpc) is 2.71. The van der Waals surface area contributed by atoms with Crippen molar-refractivity contribution < 1.29 is 28.7 Å². The van der Waals surface area contributed by atoms with Crippen LogP contribution in [0.5, 0.6) is 0 Å². The summed E-state index contributed by atoms with van der Waals surface area (Å²) in [6.45, 7) is 3.14. The number of hydrogen-bond donors (Lipinski definition) is 2. The summed E-state index contributed by atoms with van der Waals surface area (Å²) in [5, 5.41) is 5.31. The Labute approximate surface area is 173 Å². The first-order chi connectivity index (χ1) is 14.4. The summed E-state index contributed by atoms with van der Waals surface area (Å²) in [7, 11) is 0. The number of ether oxygens (including phenoxy) is 2. The summed E-state index contributed by atoms with van der Waals surface area (Å²) in [6, 6.07) is 13.8. The first kappa shape index (κ1) is 22.4. The van der Waals surface area contributed by atoms with Crippen molar-refractivity contribution >= 4 is 35.1 Å². The monoisotopic (exact) mass is 410 g/mol. The van der Waals surface area contributed by atoms with Gasteiger partial charge in [-0.05, 0) is 43.7 Å². The maximum absolute atomic E-state index is 12.6. The Morgan fingerprint density at radius 3 is 2.30 bits per heavy atom. The van der Waals surface area contributed by atoms with Gasteiger partial charge in [-0.2, -0.15) is 0 Å². The molecule has 0 aliphatic rings. The molecule has 0 aromatic heterocycles. The molecule has 0 aliphatic carbocycles. The highest BCUT2D eigenvalue weighted by molar-refractivity contribution is 6.10. The van der Waals surface area contributed by atoms with E-state index in [9.17, 15) is 19.2 Å². The lowest BCUT2D eigenvalue weighted by Gasteiger charge is -2.12. The lowest BCUT2D eigenvalue weighted by Crippen LogP contribution is -2.22. The van der Waals surface area contributed by atoms with Crippen LogP contribution in [0.1, 0.15) is 22.8 Å². The Balaban J connectivity index is 1.95. The van der Waals surface area contributed by atoms with Gasteiger partial charge in [-0.25, -0.2) is 9.59 Å². The molecule has 0 bridgehead atoms. The molecule has 0 saturated carbocycles. The standard InChI is InChI=1S/C22H22N2O6/c1-3-29-20(26)11-12-21(27)30-14-19(25)24-18-10-5-4-9-17(18)22(28)23-16-8-6-7-15(2)13-16/h4-13H,3,14H2,1-2H3,(H,23,28)(H,24,25)/b12-11+. The van der Waals surface area contributed by atoms with E-state index in [2.05, 4.69) is 15.4 Å². The summed E-state index contributed by atoms with van der Waals surface area (Å²) < 4.78 is 9.40. The van der Waals surface area contributed by atoms with Crippen LogP contribution in [0.2, 0.25) is 0 Å². The molecular formula is C22H22N2O6. The first-order valence-corrected chi connectivity index (χ1v) is 9.17. The van der Waals surface area contributed by atoms with Crippen molar-refractivity contribution in [1.29, 1.82) is 0 Å². The van der Waals surface area contributed by atoms with Gasteiger partial charge in [0.25, 0.3) is 11.8 Å². The quantitative estimate of drug-likeness (QED) is 0.511. The van der Waals surface area contributed by atoms with Gasteiger partial charge in [-0.1, -0.05) is 24.3 Å². The number of carbonyl (C=O) groups excluding carboxylic acids is 4. The molecule has 8 heteroatoms. The summed E-state index contributed by atoms with van der Waals surface area (Å²) in [4.78, 5) is 47.4. The number of nitrogens with one attached hydrogen (secondary N) is 2. The minimum Gasteiger partial charge on any atom is -0.463 e. The third kappa shape index (κ3) is 7.23. The van der Waals surface area contributed by atoms with Gasteiger partial charge in [0.1, 0.15) is 0 Å². The molecule has 0 fully saturated rings. The van der Waals surface area contributed by atoms with Crippen molar-refractivity contribution in [3.05, 3.63) is 71.8 Å². The predicted molar refractivity (Wildman–Crippen MR) is 111 cm³/mol. The molecule has 2 aromatic carbocycles. The SMILES string of the molecule is CCOC(=O)/C=C/C(=O)OCC(=O)Nc1ccccc1C(=O)Nc1cccc(C)c1. The van der Waals surface area contributed by atoms with E-state index in [0.717, 1.165) is 17.7 Å². The molecule has 0 heterocycles. The lowest BCUT2D eigenvalue weighted by atomic mass is 10.1. The van der Waals surface area contributed by atoms with Crippen LogP contribution in [-0.4, -0.2) is 37.0 Å². The minimum absolute atomic E-state index is 0.178. The number of aryl methyl sites for hydroxylation is 1. The topological polar surface area (TPSA) is 111 Å². The Morgan fingerprint density at radius 2 is 1.60 bits per heavy atom. The van der Waals surface area contributed by atoms with Crippen LogP contribution in [0.3, 0.4) is 0 Å². The molecule has 156 valence electrons. The van der Waals surface area contributed by atoms with Gasteiger partial charge in [-0.3, -0.25) is 9.59 Å². The number of anilines is 2. The first-order valence-electron chi connectivity index (χ1n) is 9.17. The zero-order valence-corrected chi connectivity index (χ0v) is 16.6. The van der Waals surface area contributed by atoms with Crippen LogP contribution in [0.25, 0.3) is 0 Å². The molecule has 0 atom stereocenters. The minimum atomic E-state index is -0.872. The Hall–Kier alpha value is -3.94. The fourth-order valence-corrected chi connectivity index (χ4v) is 2.41. The molecule has 0 spiro atoms. The van der Waals surface area contributed by atoms with Crippen LogP contribution >= 0.6 is 0 Å². The van der Waals surface area contributed by atoms with E-state index in [1.807, 2.05) is 25.1 Å². The van der Waals surface area contributed by atoms with E-state index in [1.54, 1.807) is 37.3 Å². The summed E-state index contributed by atoms with van der Waals surface area (Å²) in [5.74, 6) is -2.59. The number of amides is 2. The Morgan fingerprint density at radius 1 is 0.900 bits per heavy atom. The Kier molecular flexibility index (Phi) is 8.31.